The molecule has 1 heterocycles. The Morgan fingerprint density at radius 3 is 2.73 bits per heavy atom. The number of hydrogen-bond acceptors (Lipinski definition) is 3. The van der Waals surface area contributed by atoms with E-state index in [9.17, 15) is 0 Å². The van der Waals surface area contributed by atoms with E-state index in [0.29, 0.717) is 6.04 Å². The summed E-state index contributed by atoms with van der Waals surface area (Å²) in [5.41, 5.74) is 5.66. The first kappa shape index (κ1) is 12.7. The summed E-state index contributed by atoms with van der Waals surface area (Å²) in [6.07, 6.45) is 3.09. The lowest BCUT2D eigenvalue weighted by Crippen LogP contribution is -2.40. The molecule has 88 valence electrons. The normalized spacial score (nSPS) is 30.1. The first-order chi connectivity index (χ1) is 7.17. The molecule has 0 aromatic heterocycles. The maximum atomic E-state index is 5.66. The lowest BCUT2D eigenvalue weighted by atomic mass is 10.1. The Bertz CT molecular complexity index is 193. The van der Waals surface area contributed by atoms with E-state index in [1.54, 1.807) is 0 Å². The zero-order valence-corrected chi connectivity index (χ0v) is 10.2. The van der Waals surface area contributed by atoms with E-state index >= 15 is 0 Å². The van der Waals surface area contributed by atoms with Gasteiger partial charge in [0.1, 0.15) is 0 Å². The molecule has 0 aliphatic carbocycles. The summed E-state index contributed by atoms with van der Waals surface area (Å²) in [4.78, 5) is 4.95. The zero-order valence-electron chi connectivity index (χ0n) is 10.2. The minimum Gasteiger partial charge on any atom is -0.330 e. The molecule has 0 saturated carbocycles. The maximum Gasteiger partial charge on any atom is 0.0232 e. The summed E-state index contributed by atoms with van der Waals surface area (Å²) in [7, 11) is 2.22. The van der Waals surface area contributed by atoms with E-state index in [2.05, 4.69) is 30.4 Å². The van der Waals surface area contributed by atoms with Crippen LogP contribution in [0.1, 0.15) is 13.3 Å². The van der Waals surface area contributed by atoms with E-state index in [0.717, 1.165) is 32.0 Å². The van der Waals surface area contributed by atoms with Crippen LogP contribution >= 0.6 is 0 Å². The highest BCUT2D eigenvalue weighted by Gasteiger charge is 2.24. The molecule has 0 radical (unpaired) electrons. The Morgan fingerprint density at radius 1 is 1.40 bits per heavy atom. The van der Waals surface area contributed by atoms with E-state index in [1.807, 2.05) is 6.08 Å². The van der Waals surface area contributed by atoms with Gasteiger partial charge in [-0.1, -0.05) is 13.0 Å². The van der Waals surface area contributed by atoms with Crippen molar-refractivity contribution < 1.29 is 0 Å². The van der Waals surface area contributed by atoms with Crippen molar-refractivity contribution in [2.24, 2.45) is 11.7 Å². The third-order valence-corrected chi connectivity index (χ3v) is 3.15. The quantitative estimate of drug-likeness (QED) is 0.697. The van der Waals surface area contributed by atoms with Crippen molar-refractivity contribution >= 4 is 0 Å². The number of hydrogen-bond donors (Lipinski definition) is 1. The van der Waals surface area contributed by atoms with Crippen LogP contribution in [0.5, 0.6) is 0 Å². The van der Waals surface area contributed by atoms with Gasteiger partial charge in [-0.2, -0.15) is 0 Å². The molecule has 0 amide bonds. The number of likely N-dealkylation sites (N-methyl/N-ethyl adjacent to an activating group) is 1. The van der Waals surface area contributed by atoms with E-state index in [-0.39, 0.29) is 0 Å². The number of rotatable bonds is 4. The Hall–Kier alpha value is -0.380. The standard InChI is InChI=1S/C12H25N3/c1-4-7-15-9-11(2)8-14(3)12(10-15)5-6-13/h4,11-12H,1,5-10,13H2,2-3H3. The van der Waals surface area contributed by atoms with Crippen LogP contribution < -0.4 is 5.73 Å². The van der Waals surface area contributed by atoms with Gasteiger partial charge in [0.2, 0.25) is 0 Å². The van der Waals surface area contributed by atoms with Crippen molar-refractivity contribution in [1.29, 1.82) is 0 Å². The van der Waals surface area contributed by atoms with Crippen LogP contribution in [0.15, 0.2) is 12.7 Å². The molecule has 0 bridgehead atoms. The van der Waals surface area contributed by atoms with Crippen LogP contribution in [0.25, 0.3) is 0 Å². The van der Waals surface area contributed by atoms with Gasteiger partial charge in [0.25, 0.3) is 0 Å². The molecular weight excluding hydrogens is 186 g/mol. The van der Waals surface area contributed by atoms with Gasteiger partial charge in [-0.3, -0.25) is 4.90 Å². The fourth-order valence-corrected chi connectivity index (χ4v) is 2.49. The summed E-state index contributed by atoms with van der Waals surface area (Å²) >= 11 is 0. The van der Waals surface area contributed by atoms with Crippen LogP contribution in [0.3, 0.4) is 0 Å². The second kappa shape index (κ2) is 6.26. The second-order valence-electron chi connectivity index (χ2n) is 4.78. The molecule has 1 fully saturated rings. The maximum absolute atomic E-state index is 5.66. The van der Waals surface area contributed by atoms with Gasteiger partial charge in [-0.25, -0.2) is 0 Å². The molecule has 3 nitrogen and oxygen atoms in total. The minimum absolute atomic E-state index is 0.611. The lowest BCUT2D eigenvalue weighted by molar-refractivity contribution is 0.207. The summed E-state index contributed by atoms with van der Waals surface area (Å²) in [6.45, 7) is 11.4. The highest BCUT2D eigenvalue weighted by Crippen LogP contribution is 2.14. The summed E-state index contributed by atoms with van der Waals surface area (Å²) in [5, 5.41) is 0. The highest BCUT2D eigenvalue weighted by atomic mass is 15.2. The molecule has 1 rings (SSSR count). The van der Waals surface area contributed by atoms with Crippen molar-refractivity contribution in [3.05, 3.63) is 12.7 Å². The van der Waals surface area contributed by atoms with Crippen LogP contribution in [0, 0.1) is 5.92 Å². The molecule has 0 spiro atoms. The van der Waals surface area contributed by atoms with Crippen molar-refractivity contribution in [2.75, 3.05) is 39.8 Å². The highest BCUT2D eigenvalue weighted by molar-refractivity contribution is 4.84. The average Bonchev–Trinajstić information content (AvgIpc) is 2.28. The van der Waals surface area contributed by atoms with Crippen molar-refractivity contribution in [3.8, 4) is 0 Å². The molecule has 1 saturated heterocycles. The van der Waals surface area contributed by atoms with Crippen LogP contribution in [-0.4, -0.2) is 55.6 Å². The van der Waals surface area contributed by atoms with Gasteiger partial charge < -0.3 is 10.6 Å². The fraction of sp³-hybridized carbons (Fsp3) is 0.833. The summed E-state index contributed by atoms with van der Waals surface area (Å²) in [5.74, 6) is 0.734. The van der Waals surface area contributed by atoms with Gasteiger partial charge in [0.05, 0.1) is 0 Å². The molecule has 2 atom stereocenters. The van der Waals surface area contributed by atoms with Crippen molar-refractivity contribution in [1.82, 2.24) is 9.80 Å². The van der Waals surface area contributed by atoms with E-state index in [1.165, 1.54) is 13.1 Å². The first-order valence-electron chi connectivity index (χ1n) is 5.91. The average molecular weight is 211 g/mol. The molecule has 1 aliphatic rings. The van der Waals surface area contributed by atoms with Gasteiger partial charge in [0, 0.05) is 32.2 Å². The third kappa shape index (κ3) is 3.93. The van der Waals surface area contributed by atoms with E-state index in [4.69, 9.17) is 5.73 Å². The Balaban J connectivity index is 2.58. The van der Waals surface area contributed by atoms with Crippen molar-refractivity contribution in [3.63, 3.8) is 0 Å². The van der Waals surface area contributed by atoms with Gasteiger partial charge in [-0.05, 0) is 25.9 Å². The summed E-state index contributed by atoms with van der Waals surface area (Å²) in [6, 6.07) is 0.611. The van der Waals surface area contributed by atoms with Gasteiger partial charge in [-0.15, -0.1) is 6.58 Å². The first-order valence-corrected chi connectivity index (χ1v) is 5.91. The summed E-state index contributed by atoms with van der Waals surface area (Å²) < 4.78 is 0. The number of nitrogens with zero attached hydrogens (tertiary/aromatic N) is 2. The van der Waals surface area contributed by atoms with Crippen LogP contribution in [0.4, 0.5) is 0 Å². The molecule has 0 aromatic carbocycles. The molecule has 3 heteroatoms. The van der Waals surface area contributed by atoms with Crippen LogP contribution in [0.2, 0.25) is 0 Å². The monoisotopic (exact) mass is 211 g/mol. The largest absolute Gasteiger partial charge is 0.330 e. The van der Waals surface area contributed by atoms with Crippen LogP contribution in [-0.2, 0) is 0 Å². The predicted octanol–water partition coefficient (Wildman–Crippen LogP) is 0.773. The van der Waals surface area contributed by atoms with Gasteiger partial charge >= 0.3 is 0 Å². The van der Waals surface area contributed by atoms with E-state index < -0.39 is 0 Å². The zero-order chi connectivity index (χ0) is 11.3. The SMILES string of the molecule is C=CCN1CC(C)CN(C)C(CCN)C1. The van der Waals surface area contributed by atoms with Gasteiger partial charge in [0.15, 0.2) is 0 Å². The molecular formula is C12H25N3. The molecule has 2 unspecified atom stereocenters. The topological polar surface area (TPSA) is 32.5 Å². The third-order valence-electron chi connectivity index (χ3n) is 3.15. The molecule has 0 aromatic rings. The fourth-order valence-electron chi connectivity index (χ4n) is 2.49. The van der Waals surface area contributed by atoms with Crippen molar-refractivity contribution in [2.45, 2.75) is 19.4 Å². The molecule has 1 aliphatic heterocycles. The Kier molecular flexibility index (Phi) is 5.29. The Morgan fingerprint density at radius 2 is 2.13 bits per heavy atom. The molecule has 2 N–H and O–H groups in total. The predicted molar refractivity (Wildman–Crippen MR) is 65.9 cm³/mol. The second-order valence-corrected chi connectivity index (χ2v) is 4.78. The molecule has 15 heavy (non-hydrogen) atoms. The lowest BCUT2D eigenvalue weighted by Gasteiger charge is -2.28. The number of nitrogens with two attached hydrogens (primary N) is 1. The smallest absolute Gasteiger partial charge is 0.0232 e. The minimum atomic E-state index is 0.611. The Labute approximate surface area is 93.9 Å².